The fourth-order valence-corrected chi connectivity index (χ4v) is 2.83. The fourth-order valence-electron chi connectivity index (χ4n) is 2.09. The number of carbonyl (C=O) groups excluding carboxylic acids is 2. The predicted molar refractivity (Wildman–Crippen MR) is 87.5 cm³/mol. The topological polar surface area (TPSA) is 98.6 Å². The van der Waals surface area contributed by atoms with Crippen LogP contribution in [0.5, 0.6) is 5.75 Å². The quantitative estimate of drug-likeness (QED) is 0.375. The summed E-state index contributed by atoms with van der Waals surface area (Å²) in [5.41, 5.74) is 0.981. The second-order valence-electron chi connectivity index (χ2n) is 4.83. The van der Waals surface area contributed by atoms with E-state index in [1.807, 2.05) is 0 Å². The normalized spacial score (nSPS) is 19.8. The van der Waals surface area contributed by atoms with Gasteiger partial charge in [0.2, 0.25) is 0 Å². The van der Waals surface area contributed by atoms with Crippen molar-refractivity contribution in [3.63, 3.8) is 0 Å². The van der Waals surface area contributed by atoms with Crippen LogP contribution in [-0.2, 0) is 25.7 Å². The van der Waals surface area contributed by atoms with E-state index < -0.39 is 17.7 Å². The third-order valence-electron chi connectivity index (χ3n) is 3.15. The third-order valence-corrected chi connectivity index (χ3v) is 4.05. The maximum atomic E-state index is 13.6. The molecule has 1 saturated heterocycles. The van der Waals surface area contributed by atoms with E-state index in [9.17, 15) is 14.0 Å². The molecule has 2 heterocycles. The number of nitrogens with zero attached hydrogens (tertiary/aromatic N) is 2. The lowest BCUT2D eigenvalue weighted by Gasteiger charge is -2.19. The molecule has 1 amide bonds. The van der Waals surface area contributed by atoms with Crippen molar-refractivity contribution in [2.24, 2.45) is 10.2 Å². The molecule has 1 aromatic rings. The number of nitrogens with one attached hydrogen (secondary N) is 1. The van der Waals surface area contributed by atoms with Gasteiger partial charge in [-0.1, -0.05) is 0 Å². The molecule has 25 heavy (non-hydrogen) atoms. The Morgan fingerprint density at radius 1 is 1.48 bits per heavy atom. The highest BCUT2D eigenvalue weighted by atomic mass is 32.2. The predicted octanol–water partition coefficient (Wildman–Crippen LogP) is 1.30. The van der Waals surface area contributed by atoms with Crippen LogP contribution in [0.15, 0.2) is 33.3 Å². The number of ether oxygens (including phenoxy) is 3. The van der Waals surface area contributed by atoms with Crippen molar-refractivity contribution in [1.29, 1.82) is 0 Å². The van der Waals surface area contributed by atoms with Gasteiger partial charge in [-0.25, -0.2) is 9.18 Å². The fraction of sp³-hybridized carbons (Fsp3) is 0.200. The average molecular weight is 365 g/mol. The van der Waals surface area contributed by atoms with E-state index in [4.69, 9.17) is 9.47 Å². The second kappa shape index (κ2) is 7.45. The van der Waals surface area contributed by atoms with Crippen molar-refractivity contribution < 1.29 is 28.2 Å². The Morgan fingerprint density at radius 3 is 3.12 bits per heavy atom. The second-order valence-corrected chi connectivity index (χ2v) is 5.86. The van der Waals surface area contributed by atoms with Gasteiger partial charge in [-0.15, -0.1) is 5.10 Å². The van der Waals surface area contributed by atoms with Crippen LogP contribution in [0.1, 0.15) is 11.1 Å². The van der Waals surface area contributed by atoms with Crippen molar-refractivity contribution in [3.05, 3.63) is 40.1 Å². The van der Waals surface area contributed by atoms with Crippen molar-refractivity contribution in [1.82, 2.24) is 5.32 Å². The number of hydrogen-bond donors (Lipinski definition) is 1. The molecule has 130 valence electrons. The first-order valence-electron chi connectivity index (χ1n) is 6.99. The van der Waals surface area contributed by atoms with Gasteiger partial charge < -0.3 is 14.2 Å². The van der Waals surface area contributed by atoms with Gasteiger partial charge >= 0.3 is 5.97 Å². The molecule has 0 atom stereocenters. The molecule has 10 heteroatoms. The lowest BCUT2D eigenvalue weighted by Crippen LogP contribution is -2.19. The van der Waals surface area contributed by atoms with E-state index in [1.54, 1.807) is 0 Å². The number of amides is 1. The van der Waals surface area contributed by atoms with Crippen LogP contribution in [-0.4, -0.2) is 37.2 Å². The van der Waals surface area contributed by atoms with E-state index in [-0.39, 0.29) is 23.5 Å². The first-order chi connectivity index (χ1) is 12.1. The number of halogens is 1. The molecule has 0 aliphatic carbocycles. The van der Waals surface area contributed by atoms with Gasteiger partial charge in [0.15, 0.2) is 12.0 Å². The summed E-state index contributed by atoms with van der Waals surface area (Å²) in [7, 11) is 1.21. The zero-order valence-electron chi connectivity index (χ0n) is 12.9. The molecular weight excluding hydrogens is 353 g/mol. The monoisotopic (exact) mass is 365 g/mol. The third kappa shape index (κ3) is 4.03. The zero-order valence-corrected chi connectivity index (χ0v) is 13.8. The number of fused-ring (bicyclic) bond motifs is 1. The van der Waals surface area contributed by atoms with Gasteiger partial charge in [-0.05, 0) is 23.9 Å². The largest absolute Gasteiger partial charge is 0.466 e. The molecule has 0 unspecified atom stereocenters. The summed E-state index contributed by atoms with van der Waals surface area (Å²) >= 11 is 0.940. The molecule has 8 nitrogen and oxygen atoms in total. The van der Waals surface area contributed by atoms with Gasteiger partial charge in [-0.3, -0.25) is 10.1 Å². The van der Waals surface area contributed by atoms with Gasteiger partial charge in [-0.2, -0.15) is 5.10 Å². The van der Waals surface area contributed by atoms with E-state index in [0.29, 0.717) is 16.9 Å². The minimum Gasteiger partial charge on any atom is -0.466 e. The molecule has 3 rings (SSSR count). The van der Waals surface area contributed by atoms with E-state index in [2.05, 4.69) is 20.3 Å². The lowest BCUT2D eigenvalue weighted by atomic mass is 10.1. The SMILES string of the molecule is COC(=O)/C=C1/S/C(=N\N=Cc2cc(F)cc3c2OCOC3)NC1=O. The Kier molecular flexibility index (Phi) is 5.10. The molecule has 0 radical (unpaired) electrons. The molecule has 2 aliphatic heterocycles. The lowest BCUT2D eigenvalue weighted by molar-refractivity contribution is -0.135. The zero-order chi connectivity index (χ0) is 17.8. The van der Waals surface area contributed by atoms with Crippen LogP contribution in [0.2, 0.25) is 0 Å². The number of hydrogen-bond acceptors (Lipinski definition) is 8. The standard InChI is InChI=1S/C15H12FN3O5S/c1-22-12(20)4-11-14(21)18-15(25-11)19-17-5-8-2-10(16)3-9-6-23-7-24-13(8)9/h2-5H,6-7H2,1H3,(H,18,19,21)/b11-4+,17-5?. The highest BCUT2D eigenvalue weighted by Crippen LogP contribution is 2.28. The minimum absolute atomic E-state index is 0.0710. The molecule has 0 aromatic heterocycles. The molecule has 0 bridgehead atoms. The van der Waals surface area contributed by atoms with Crippen molar-refractivity contribution in [2.45, 2.75) is 6.61 Å². The molecule has 1 fully saturated rings. The average Bonchev–Trinajstić information content (AvgIpc) is 2.94. The summed E-state index contributed by atoms with van der Waals surface area (Å²) in [4.78, 5) is 23.0. The van der Waals surface area contributed by atoms with Gasteiger partial charge in [0.25, 0.3) is 5.91 Å². The smallest absolute Gasteiger partial charge is 0.331 e. The van der Waals surface area contributed by atoms with Crippen molar-refractivity contribution in [2.75, 3.05) is 13.9 Å². The van der Waals surface area contributed by atoms with Crippen LogP contribution < -0.4 is 10.1 Å². The Morgan fingerprint density at radius 2 is 2.32 bits per heavy atom. The highest BCUT2D eigenvalue weighted by molar-refractivity contribution is 8.18. The van der Waals surface area contributed by atoms with Crippen LogP contribution in [0.4, 0.5) is 4.39 Å². The summed E-state index contributed by atoms with van der Waals surface area (Å²) in [5.74, 6) is -1.10. The number of carbonyl (C=O) groups is 2. The van der Waals surface area contributed by atoms with Gasteiger partial charge in [0.1, 0.15) is 11.6 Å². The van der Waals surface area contributed by atoms with Crippen molar-refractivity contribution >= 4 is 35.0 Å². The maximum absolute atomic E-state index is 13.6. The number of benzene rings is 1. The van der Waals surface area contributed by atoms with E-state index in [1.165, 1.54) is 25.5 Å². The maximum Gasteiger partial charge on any atom is 0.331 e. The number of methoxy groups -OCH3 is 1. The number of rotatable bonds is 3. The van der Waals surface area contributed by atoms with E-state index >= 15 is 0 Å². The summed E-state index contributed by atoms with van der Waals surface area (Å²) in [6, 6.07) is 2.59. The Labute approximate surface area is 145 Å². The molecule has 1 N–H and O–H groups in total. The molecule has 0 saturated carbocycles. The first kappa shape index (κ1) is 17.1. The Bertz CT molecular complexity index is 822. The summed E-state index contributed by atoms with van der Waals surface area (Å²) < 4.78 is 28.5. The van der Waals surface area contributed by atoms with Crippen molar-refractivity contribution in [3.8, 4) is 5.75 Å². The number of thioether (sulfide) groups is 1. The molecule has 2 aliphatic rings. The van der Waals surface area contributed by atoms with Crippen LogP contribution in [0, 0.1) is 5.82 Å². The molecule has 1 aromatic carbocycles. The molecular formula is C15H12FN3O5S. The van der Waals surface area contributed by atoms with Gasteiger partial charge in [0.05, 0.1) is 24.8 Å². The van der Waals surface area contributed by atoms with Gasteiger partial charge in [0, 0.05) is 17.2 Å². The number of esters is 1. The Hall–Kier alpha value is -2.72. The summed E-state index contributed by atoms with van der Waals surface area (Å²) in [6.45, 7) is 0.317. The minimum atomic E-state index is -0.645. The highest BCUT2D eigenvalue weighted by Gasteiger charge is 2.25. The summed E-state index contributed by atoms with van der Waals surface area (Å²) in [5, 5.41) is 10.3. The summed E-state index contributed by atoms with van der Waals surface area (Å²) in [6.07, 6.45) is 2.37. The van der Waals surface area contributed by atoms with Crippen LogP contribution >= 0.6 is 11.8 Å². The van der Waals surface area contributed by atoms with E-state index in [0.717, 1.165) is 17.8 Å². The van der Waals surface area contributed by atoms with Crippen LogP contribution in [0.25, 0.3) is 0 Å². The first-order valence-corrected chi connectivity index (χ1v) is 7.81. The molecule has 0 spiro atoms. The Balaban J connectivity index is 1.77. The van der Waals surface area contributed by atoms with Crippen LogP contribution in [0.3, 0.4) is 0 Å². The number of amidine groups is 1.